The number of nitrogens with zero attached hydrogens (tertiary/aromatic N) is 4. The highest BCUT2D eigenvalue weighted by molar-refractivity contribution is 5.89. The molecular formula is C15H17F2N5O. The Bertz CT molecular complexity index is 677. The zero-order valence-electron chi connectivity index (χ0n) is 12.5. The molecule has 1 atom stereocenters. The van der Waals surface area contributed by atoms with Crippen LogP contribution < -0.4 is 5.32 Å². The van der Waals surface area contributed by atoms with Gasteiger partial charge in [0.15, 0.2) is 0 Å². The van der Waals surface area contributed by atoms with Crippen LogP contribution in [0.15, 0.2) is 30.9 Å². The summed E-state index contributed by atoms with van der Waals surface area (Å²) in [6, 6.07) is 2.71. The number of hydrogen-bond acceptors (Lipinski definition) is 3. The number of hydrogen-bond donors (Lipinski definition) is 1. The van der Waals surface area contributed by atoms with Crippen LogP contribution in [-0.4, -0.2) is 38.8 Å². The summed E-state index contributed by atoms with van der Waals surface area (Å²) in [6.45, 7) is 1.87. The summed E-state index contributed by atoms with van der Waals surface area (Å²) >= 11 is 0. The quantitative estimate of drug-likeness (QED) is 0.945. The fourth-order valence-corrected chi connectivity index (χ4v) is 2.78. The van der Waals surface area contributed by atoms with Gasteiger partial charge < -0.3 is 10.2 Å². The Kier molecular flexibility index (Phi) is 4.50. The molecule has 8 heteroatoms. The highest BCUT2D eigenvalue weighted by Crippen LogP contribution is 2.20. The van der Waals surface area contributed by atoms with Crippen LogP contribution in [0, 0.1) is 17.6 Å². The van der Waals surface area contributed by atoms with Crippen molar-refractivity contribution in [1.29, 1.82) is 0 Å². The Balaban J connectivity index is 1.60. The third-order valence-corrected chi connectivity index (χ3v) is 3.89. The van der Waals surface area contributed by atoms with Gasteiger partial charge in [0.25, 0.3) is 0 Å². The van der Waals surface area contributed by atoms with Gasteiger partial charge in [0.05, 0.1) is 5.69 Å². The number of carbonyl (C=O) groups is 1. The molecule has 1 aliphatic heterocycles. The van der Waals surface area contributed by atoms with Crippen LogP contribution >= 0.6 is 0 Å². The molecule has 1 aliphatic rings. The molecule has 6 nitrogen and oxygen atoms in total. The van der Waals surface area contributed by atoms with E-state index in [-0.39, 0.29) is 17.6 Å². The number of halogens is 2. The summed E-state index contributed by atoms with van der Waals surface area (Å²) in [6.07, 6.45) is 4.99. The molecule has 1 unspecified atom stereocenters. The number of piperidine rings is 1. The van der Waals surface area contributed by atoms with Crippen molar-refractivity contribution in [3.8, 4) is 0 Å². The molecule has 0 aliphatic carbocycles. The minimum Gasteiger partial charge on any atom is -0.324 e. The van der Waals surface area contributed by atoms with E-state index in [4.69, 9.17) is 0 Å². The molecule has 1 saturated heterocycles. The number of aromatic nitrogens is 3. The zero-order valence-corrected chi connectivity index (χ0v) is 12.5. The molecule has 0 saturated carbocycles. The lowest BCUT2D eigenvalue weighted by atomic mass is 9.98. The summed E-state index contributed by atoms with van der Waals surface area (Å²) in [5, 5.41) is 6.57. The number of amides is 2. The number of likely N-dealkylation sites (tertiary alicyclic amines) is 1. The second kappa shape index (κ2) is 6.72. The minimum absolute atomic E-state index is 0.0187. The van der Waals surface area contributed by atoms with Crippen LogP contribution in [0.2, 0.25) is 0 Å². The normalized spacial score (nSPS) is 18.0. The van der Waals surface area contributed by atoms with E-state index in [1.54, 1.807) is 15.9 Å². The van der Waals surface area contributed by atoms with E-state index < -0.39 is 11.6 Å². The van der Waals surface area contributed by atoms with Gasteiger partial charge in [-0.1, -0.05) is 0 Å². The predicted molar refractivity (Wildman–Crippen MR) is 79.7 cm³/mol. The minimum atomic E-state index is -0.783. The van der Waals surface area contributed by atoms with E-state index in [9.17, 15) is 13.6 Å². The van der Waals surface area contributed by atoms with Crippen LogP contribution in [0.3, 0.4) is 0 Å². The summed E-state index contributed by atoms with van der Waals surface area (Å²) in [5.74, 6) is -1.19. The summed E-state index contributed by atoms with van der Waals surface area (Å²) in [4.78, 5) is 17.8. The van der Waals surface area contributed by atoms with Gasteiger partial charge in [0.1, 0.15) is 24.3 Å². The number of urea groups is 1. The predicted octanol–water partition coefficient (Wildman–Crippen LogP) is 2.50. The molecule has 0 radical (unpaired) electrons. The van der Waals surface area contributed by atoms with Crippen molar-refractivity contribution >= 4 is 11.7 Å². The van der Waals surface area contributed by atoms with E-state index in [1.807, 2.05) is 0 Å². The lowest BCUT2D eigenvalue weighted by Crippen LogP contribution is -2.43. The topological polar surface area (TPSA) is 63.1 Å². The molecule has 0 bridgehead atoms. The van der Waals surface area contributed by atoms with E-state index in [0.717, 1.165) is 25.0 Å². The lowest BCUT2D eigenvalue weighted by Gasteiger charge is -2.32. The van der Waals surface area contributed by atoms with Crippen LogP contribution in [0.1, 0.15) is 12.8 Å². The average Bonchev–Trinajstić information content (AvgIpc) is 3.03. The monoisotopic (exact) mass is 321 g/mol. The van der Waals surface area contributed by atoms with Crippen molar-refractivity contribution in [3.05, 3.63) is 42.5 Å². The highest BCUT2D eigenvalue weighted by atomic mass is 19.1. The third-order valence-electron chi connectivity index (χ3n) is 3.89. The Hall–Kier alpha value is -2.51. The SMILES string of the molecule is O=C(Nc1ccc(F)cc1F)N1CCCC(Cn2cncn2)C1. The fourth-order valence-electron chi connectivity index (χ4n) is 2.78. The maximum absolute atomic E-state index is 13.6. The van der Waals surface area contributed by atoms with Crippen LogP contribution in [-0.2, 0) is 6.54 Å². The van der Waals surface area contributed by atoms with Crippen molar-refractivity contribution in [2.45, 2.75) is 19.4 Å². The fraction of sp³-hybridized carbons (Fsp3) is 0.400. The van der Waals surface area contributed by atoms with Gasteiger partial charge in [-0.15, -0.1) is 0 Å². The largest absolute Gasteiger partial charge is 0.324 e. The molecular weight excluding hydrogens is 304 g/mol. The standard InChI is InChI=1S/C15H17F2N5O/c16-12-3-4-14(13(17)6-12)20-15(23)21-5-1-2-11(7-21)8-22-10-18-9-19-22/h3-4,6,9-11H,1-2,5,7-8H2,(H,20,23). The van der Waals surface area contributed by atoms with Crippen LogP contribution in [0.5, 0.6) is 0 Å². The summed E-state index contributed by atoms with van der Waals surface area (Å²) in [5.41, 5.74) is -0.0187. The Labute approximate surface area is 132 Å². The van der Waals surface area contributed by atoms with E-state index in [1.165, 1.54) is 12.4 Å². The molecule has 3 rings (SSSR count). The van der Waals surface area contributed by atoms with Crippen molar-refractivity contribution in [1.82, 2.24) is 19.7 Å². The van der Waals surface area contributed by atoms with Gasteiger partial charge in [-0.3, -0.25) is 4.68 Å². The second-order valence-electron chi connectivity index (χ2n) is 5.63. The first-order chi connectivity index (χ1) is 11.1. The number of nitrogens with one attached hydrogen (secondary N) is 1. The van der Waals surface area contributed by atoms with Gasteiger partial charge in [-0.25, -0.2) is 18.6 Å². The Morgan fingerprint density at radius 3 is 3.00 bits per heavy atom. The van der Waals surface area contributed by atoms with E-state index in [2.05, 4.69) is 15.4 Å². The van der Waals surface area contributed by atoms with Crippen molar-refractivity contribution in [2.24, 2.45) is 5.92 Å². The van der Waals surface area contributed by atoms with Gasteiger partial charge in [-0.05, 0) is 30.9 Å². The first kappa shape index (κ1) is 15.4. The van der Waals surface area contributed by atoms with E-state index in [0.29, 0.717) is 19.6 Å². The lowest BCUT2D eigenvalue weighted by molar-refractivity contribution is 0.168. The summed E-state index contributed by atoms with van der Waals surface area (Å²) < 4.78 is 28.3. The molecule has 1 fully saturated rings. The van der Waals surface area contributed by atoms with Crippen molar-refractivity contribution in [3.63, 3.8) is 0 Å². The molecule has 1 N–H and O–H groups in total. The van der Waals surface area contributed by atoms with Gasteiger partial charge in [0.2, 0.25) is 0 Å². The molecule has 1 aromatic heterocycles. The van der Waals surface area contributed by atoms with E-state index >= 15 is 0 Å². The third kappa shape index (κ3) is 3.82. The molecule has 2 heterocycles. The van der Waals surface area contributed by atoms with Crippen LogP contribution in [0.4, 0.5) is 19.3 Å². The molecule has 122 valence electrons. The molecule has 2 amide bonds. The first-order valence-electron chi connectivity index (χ1n) is 7.45. The Morgan fingerprint density at radius 2 is 2.26 bits per heavy atom. The number of benzene rings is 1. The maximum atomic E-state index is 13.6. The Morgan fingerprint density at radius 1 is 1.39 bits per heavy atom. The molecule has 2 aromatic rings. The first-order valence-corrected chi connectivity index (χ1v) is 7.45. The number of carbonyl (C=O) groups excluding carboxylic acids is 1. The summed E-state index contributed by atoms with van der Waals surface area (Å²) in [7, 11) is 0. The number of anilines is 1. The zero-order chi connectivity index (χ0) is 16.2. The highest BCUT2D eigenvalue weighted by Gasteiger charge is 2.24. The van der Waals surface area contributed by atoms with Gasteiger partial charge >= 0.3 is 6.03 Å². The second-order valence-corrected chi connectivity index (χ2v) is 5.63. The van der Waals surface area contributed by atoms with Crippen LogP contribution in [0.25, 0.3) is 0 Å². The average molecular weight is 321 g/mol. The smallest absolute Gasteiger partial charge is 0.321 e. The molecule has 23 heavy (non-hydrogen) atoms. The molecule has 0 spiro atoms. The van der Waals surface area contributed by atoms with Gasteiger partial charge in [-0.2, -0.15) is 5.10 Å². The molecule has 1 aromatic carbocycles. The van der Waals surface area contributed by atoms with Crippen molar-refractivity contribution < 1.29 is 13.6 Å². The van der Waals surface area contributed by atoms with Crippen molar-refractivity contribution in [2.75, 3.05) is 18.4 Å². The maximum Gasteiger partial charge on any atom is 0.321 e. The van der Waals surface area contributed by atoms with Gasteiger partial charge in [0, 0.05) is 25.7 Å². The number of rotatable bonds is 3.